The van der Waals surface area contributed by atoms with Crippen molar-refractivity contribution in [3.8, 4) is 11.5 Å². The second-order valence-corrected chi connectivity index (χ2v) is 11.1. The molecule has 0 spiro atoms. The summed E-state index contributed by atoms with van der Waals surface area (Å²) in [5.41, 5.74) is 3.25. The minimum atomic E-state index is -0.304. The first-order valence-corrected chi connectivity index (χ1v) is 13.3. The van der Waals surface area contributed by atoms with E-state index in [-0.39, 0.29) is 17.7 Å². The van der Waals surface area contributed by atoms with Gasteiger partial charge >= 0.3 is 0 Å². The molecule has 2 N–H and O–H groups in total. The van der Waals surface area contributed by atoms with E-state index in [0.717, 1.165) is 38.4 Å². The SMILES string of the molecule is COc1cc2c(cc1O)C(C(=O)Nc1c(C)noc1C)=CN(Cc1sc3ccccc3c1Cl)C2C1CC1. The van der Waals surface area contributed by atoms with Crippen molar-refractivity contribution in [1.82, 2.24) is 10.1 Å². The molecule has 1 amide bonds. The van der Waals surface area contributed by atoms with E-state index >= 15 is 0 Å². The number of ether oxygens (including phenoxy) is 1. The molecule has 0 bridgehead atoms. The molecule has 4 aromatic rings. The van der Waals surface area contributed by atoms with Crippen molar-refractivity contribution in [1.29, 1.82) is 0 Å². The summed E-state index contributed by atoms with van der Waals surface area (Å²) in [6, 6.07) is 11.6. The first-order valence-electron chi connectivity index (χ1n) is 12.1. The number of aryl methyl sites for hydroxylation is 2. The highest BCUT2D eigenvalue weighted by Crippen LogP contribution is 2.52. The number of aromatic hydroxyl groups is 1. The standard InChI is InChI=1S/C28H26ClN3O4S/c1-14-26(15(2)36-31-14)30-28(34)20-12-32(13-24-25(29)17-6-4-5-7-23(17)37-24)27(16-8-9-16)19-11-22(35-3)21(33)10-18(19)20/h4-7,10-12,16,27,33H,8-9,13H2,1-3H3,(H,30,34). The number of fused-ring (bicyclic) bond motifs is 2. The third kappa shape index (κ3) is 4.14. The van der Waals surface area contributed by atoms with E-state index in [1.165, 1.54) is 7.11 Å². The normalized spacial score (nSPS) is 17.0. The topological polar surface area (TPSA) is 87.8 Å². The third-order valence-corrected chi connectivity index (χ3v) is 8.82. The van der Waals surface area contributed by atoms with Gasteiger partial charge in [-0.05, 0) is 61.9 Å². The molecule has 1 unspecified atom stereocenters. The molecule has 7 nitrogen and oxygen atoms in total. The number of nitrogens with one attached hydrogen (secondary N) is 1. The molecule has 37 heavy (non-hydrogen) atoms. The number of hydrogen-bond donors (Lipinski definition) is 2. The van der Waals surface area contributed by atoms with Crippen molar-refractivity contribution in [2.24, 2.45) is 5.92 Å². The van der Waals surface area contributed by atoms with Crippen LogP contribution >= 0.6 is 22.9 Å². The van der Waals surface area contributed by atoms with Crippen molar-refractivity contribution in [3.63, 3.8) is 0 Å². The first-order chi connectivity index (χ1) is 17.9. The molecule has 0 saturated heterocycles. The van der Waals surface area contributed by atoms with Gasteiger partial charge in [0.25, 0.3) is 5.91 Å². The molecular formula is C28H26ClN3O4S. The second-order valence-electron chi connectivity index (χ2n) is 9.60. The van der Waals surface area contributed by atoms with Crippen LogP contribution in [0.25, 0.3) is 15.7 Å². The molecule has 2 aliphatic rings. The average Bonchev–Trinajstić information content (AvgIpc) is 3.62. The Labute approximate surface area is 223 Å². The van der Waals surface area contributed by atoms with Gasteiger partial charge in [0.05, 0.1) is 30.3 Å². The van der Waals surface area contributed by atoms with Crippen LogP contribution in [0.3, 0.4) is 0 Å². The Morgan fingerprint density at radius 3 is 2.76 bits per heavy atom. The fourth-order valence-corrected chi connectivity index (χ4v) is 6.66. The molecule has 3 heterocycles. The molecule has 2 aromatic heterocycles. The van der Waals surface area contributed by atoms with Gasteiger partial charge in [-0.25, -0.2) is 0 Å². The summed E-state index contributed by atoms with van der Waals surface area (Å²) in [6.07, 6.45) is 4.10. The number of halogens is 1. The summed E-state index contributed by atoms with van der Waals surface area (Å²) in [4.78, 5) is 16.9. The summed E-state index contributed by atoms with van der Waals surface area (Å²) < 4.78 is 11.8. The summed E-state index contributed by atoms with van der Waals surface area (Å²) in [5, 5.41) is 19.3. The molecule has 9 heteroatoms. The zero-order valence-electron chi connectivity index (χ0n) is 20.7. The lowest BCUT2D eigenvalue weighted by atomic mass is 9.87. The van der Waals surface area contributed by atoms with Crippen LogP contribution in [0.15, 0.2) is 47.1 Å². The maximum Gasteiger partial charge on any atom is 0.257 e. The highest BCUT2D eigenvalue weighted by Gasteiger charge is 2.41. The van der Waals surface area contributed by atoms with Gasteiger partial charge in [-0.3, -0.25) is 4.79 Å². The Kier molecular flexibility index (Phi) is 5.88. The van der Waals surface area contributed by atoms with E-state index in [0.29, 0.717) is 46.5 Å². The van der Waals surface area contributed by atoms with Crippen LogP contribution in [0.2, 0.25) is 5.02 Å². The summed E-state index contributed by atoms with van der Waals surface area (Å²) in [5.74, 6) is 1.04. The fraction of sp³-hybridized carbons (Fsp3) is 0.286. The van der Waals surface area contributed by atoms with E-state index in [4.69, 9.17) is 20.9 Å². The lowest BCUT2D eigenvalue weighted by molar-refractivity contribution is -0.111. The number of anilines is 1. The molecule has 1 atom stereocenters. The smallest absolute Gasteiger partial charge is 0.257 e. The lowest BCUT2D eigenvalue weighted by Gasteiger charge is -2.37. The maximum atomic E-state index is 13.7. The highest BCUT2D eigenvalue weighted by atomic mass is 35.5. The van der Waals surface area contributed by atoms with Crippen LogP contribution in [0.1, 0.15) is 46.3 Å². The minimum absolute atomic E-state index is 0.00663. The molecule has 190 valence electrons. The van der Waals surface area contributed by atoms with E-state index in [1.807, 2.05) is 30.5 Å². The van der Waals surface area contributed by atoms with Crippen molar-refractivity contribution in [2.45, 2.75) is 39.3 Å². The van der Waals surface area contributed by atoms with Gasteiger partial charge in [0.1, 0.15) is 11.4 Å². The number of methoxy groups -OCH3 is 1. The molecule has 1 aliphatic carbocycles. The number of rotatable bonds is 6. The Morgan fingerprint density at radius 2 is 2.08 bits per heavy atom. The molecule has 1 fully saturated rings. The van der Waals surface area contributed by atoms with E-state index in [9.17, 15) is 9.90 Å². The lowest BCUT2D eigenvalue weighted by Crippen LogP contribution is -2.31. The first kappa shape index (κ1) is 23.9. The van der Waals surface area contributed by atoms with Crippen LogP contribution in [0.5, 0.6) is 11.5 Å². The molecule has 0 radical (unpaired) electrons. The second kappa shape index (κ2) is 9.11. The van der Waals surface area contributed by atoms with E-state index in [1.54, 1.807) is 31.3 Å². The van der Waals surface area contributed by atoms with Gasteiger partial charge in [0, 0.05) is 21.2 Å². The number of phenolic OH excluding ortho intramolecular Hbond substituents is 1. The van der Waals surface area contributed by atoms with Gasteiger partial charge in [0.15, 0.2) is 17.3 Å². The maximum absolute atomic E-state index is 13.7. The van der Waals surface area contributed by atoms with Crippen LogP contribution < -0.4 is 10.1 Å². The number of nitrogens with zero attached hydrogens (tertiary/aromatic N) is 2. The predicted octanol–water partition coefficient (Wildman–Crippen LogP) is 6.82. The predicted molar refractivity (Wildman–Crippen MR) is 145 cm³/mol. The zero-order chi connectivity index (χ0) is 25.8. The molecule has 2 aromatic carbocycles. The third-order valence-electron chi connectivity index (χ3n) is 7.12. The summed E-state index contributed by atoms with van der Waals surface area (Å²) in [7, 11) is 1.53. The monoisotopic (exact) mass is 535 g/mol. The highest BCUT2D eigenvalue weighted by molar-refractivity contribution is 7.19. The van der Waals surface area contributed by atoms with Crippen LogP contribution in [0.4, 0.5) is 5.69 Å². The number of benzene rings is 2. The Bertz CT molecular complexity index is 1550. The quantitative estimate of drug-likeness (QED) is 0.281. The molecular weight excluding hydrogens is 510 g/mol. The van der Waals surface area contributed by atoms with E-state index in [2.05, 4.69) is 21.4 Å². The summed E-state index contributed by atoms with van der Waals surface area (Å²) in [6.45, 7) is 4.10. The number of carbonyl (C=O) groups excluding carboxylic acids is 1. The van der Waals surface area contributed by atoms with Gasteiger partial charge in [-0.1, -0.05) is 35.0 Å². The minimum Gasteiger partial charge on any atom is -0.504 e. The Morgan fingerprint density at radius 1 is 1.30 bits per heavy atom. The number of phenols is 1. The Hall–Kier alpha value is -3.49. The summed E-state index contributed by atoms with van der Waals surface area (Å²) >= 11 is 8.50. The van der Waals surface area contributed by atoms with Crippen molar-refractivity contribution in [2.75, 3.05) is 12.4 Å². The van der Waals surface area contributed by atoms with Gasteiger partial charge in [-0.15, -0.1) is 11.3 Å². The van der Waals surface area contributed by atoms with Crippen LogP contribution in [-0.2, 0) is 11.3 Å². The van der Waals surface area contributed by atoms with E-state index < -0.39 is 0 Å². The fourth-order valence-electron chi connectivity index (χ4n) is 5.16. The Balaban J connectivity index is 1.46. The zero-order valence-corrected chi connectivity index (χ0v) is 22.2. The van der Waals surface area contributed by atoms with Gasteiger partial charge < -0.3 is 24.6 Å². The van der Waals surface area contributed by atoms with Crippen LogP contribution in [-0.4, -0.2) is 28.2 Å². The van der Waals surface area contributed by atoms with Crippen LogP contribution in [0, 0.1) is 19.8 Å². The number of carbonyl (C=O) groups is 1. The molecule has 1 aliphatic heterocycles. The average molecular weight is 536 g/mol. The number of aromatic nitrogens is 1. The van der Waals surface area contributed by atoms with Gasteiger partial charge in [-0.2, -0.15) is 0 Å². The number of amides is 1. The molecule has 6 rings (SSSR count). The number of hydrogen-bond acceptors (Lipinski definition) is 7. The number of thiophene rings is 1. The molecule has 1 saturated carbocycles. The van der Waals surface area contributed by atoms with Crippen molar-refractivity contribution >= 4 is 50.2 Å². The van der Waals surface area contributed by atoms with Crippen molar-refractivity contribution < 1.29 is 19.2 Å². The van der Waals surface area contributed by atoms with Gasteiger partial charge in [0.2, 0.25) is 0 Å². The largest absolute Gasteiger partial charge is 0.504 e. The van der Waals surface area contributed by atoms with Crippen molar-refractivity contribution in [3.05, 3.63) is 75.1 Å².